The number of amides is 1. The lowest BCUT2D eigenvalue weighted by molar-refractivity contribution is -0.134. The van der Waals surface area contributed by atoms with Gasteiger partial charge in [-0.1, -0.05) is 6.92 Å². The standard InChI is InChI=1S/C9H18N2O2/c1-7(5-10-2)9(13)11-4-3-8(12)6-11/h7-8,10,12H,3-6H2,1-2H3. The van der Waals surface area contributed by atoms with E-state index in [1.165, 1.54) is 0 Å². The second-order valence-electron chi connectivity index (χ2n) is 3.69. The maximum Gasteiger partial charge on any atom is 0.226 e. The third-order valence-electron chi connectivity index (χ3n) is 2.41. The van der Waals surface area contributed by atoms with E-state index in [-0.39, 0.29) is 17.9 Å². The molecule has 1 rings (SSSR count). The lowest BCUT2D eigenvalue weighted by Crippen LogP contribution is -2.37. The van der Waals surface area contributed by atoms with Gasteiger partial charge in [-0.2, -0.15) is 0 Å². The Morgan fingerprint density at radius 1 is 1.77 bits per heavy atom. The molecular formula is C9H18N2O2. The first-order chi connectivity index (χ1) is 6.15. The zero-order chi connectivity index (χ0) is 9.84. The van der Waals surface area contributed by atoms with Crippen molar-refractivity contribution in [1.82, 2.24) is 10.2 Å². The Bertz CT molecular complexity index is 184. The SMILES string of the molecule is CNCC(C)C(=O)N1CCC(O)C1. The van der Waals surface area contributed by atoms with Crippen molar-refractivity contribution in [2.45, 2.75) is 19.4 Å². The van der Waals surface area contributed by atoms with E-state index < -0.39 is 0 Å². The molecule has 0 aromatic carbocycles. The van der Waals surface area contributed by atoms with Gasteiger partial charge in [0.1, 0.15) is 0 Å². The average molecular weight is 186 g/mol. The highest BCUT2D eigenvalue weighted by molar-refractivity contribution is 5.79. The Kier molecular flexibility index (Phi) is 3.69. The molecule has 0 aliphatic carbocycles. The molecule has 1 heterocycles. The van der Waals surface area contributed by atoms with E-state index in [1.54, 1.807) is 4.90 Å². The molecule has 1 amide bonds. The molecule has 0 bridgehead atoms. The molecule has 0 aromatic rings. The number of likely N-dealkylation sites (tertiary alicyclic amines) is 1. The zero-order valence-corrected chi connectivity index (χ0v) is 8.29. The van der Waals surface area contributed by atoms with Gasteiger partial charge >= 0.3 is 0 Å². The minimum atomic E-state index is -0.314. The summed E-state index contributed by atoms with van der Waals surface area (Å²) < 4.78 is 0. The van der Waals surface area contributed by atoms with E-state index >= 15 is 0 Å². The molecule has 1 saturated heterocycles. The Hall–Kier alpha value is -0.610. The first-order valence-electron chi connectivity index (χ1n) is 4.76. The zero-order valence-electron chi connectivity index (χ0n) is 8.29. The topological polar surface area (TPSA) is 52.6 Å². The first kappa shape index (κ1) is 10.5. The van der Waals surface area contributed by atoms with Crippen molar-refractivity contribution in [2.75, 3.05) is 26.7 Å². The van der Waals surface area contributed by atoms with Gasteiger partial charge in [-0.15, -0.1) is 0 Å². The molecular weight excluding hydrogens is 168 g/mol. The number of β-amino-alcohol motifs (C(OH)–C–C–N with tert-alkyl or cyclic N) is 1. The fraction of sp³-hybridized carbons (Fsp3) is 0.889. The van der Waals surface area contributed by atoms with E-state index in [9.17, 15) is 9.90 Å². The van der Waals surface area contributed by atoms with Gasteiger partial charge in [0.25, 0.3) is 0 Å². The largest absolute Gasteiger partial charge is 0.391 e. The summed E-state index contributed by atoms with van der Waals surface area (Å²) in [6.07, 6.45) is 0.406. The average Bonchev–Trinajstić information content (AvgIpc) is 2.51. The summed E-state index contributed by atoms with van der Waals surface area (Å²) in [6.45, 7) is 3.82. The van der Waals surface area contributed by atoms with E-state index in [0.717, 1.165) is 6.42 Å². The number of aliphatic hydroxyl groups is 1. The molecule has 0 spiro atoms. The van der Waals surface area contributed by atoms with Crippen molar-refractivity contribution < 1.29 is 9.90 Å². The number of nitrogens with one attached hydrogen (secondary N) is 1. The van der Waals surface area contributed by atoms with Crippen LogP contribution in [0.15, 0.2) is 0 Å². The monoisotopic (exact) mass is 186 g/mol. The van der Waals surface area contributed by atoms with Crippen LogP contribution in [0.5, 0.6) is 0 Å². The second kappa shape index (κ2) is 4.58. The Morgan fingerprint density at radius 2 is 2.46 bits per heavy atom. The molecule has 1 aliphatic heterocycles. The maximum atomic E-state index is 11.7. The van der Waals surface area contributed by atoms with Crippen LogP contribution in [0, 0.1) is 5.92 Å². The molecule has 13 heavy (non-hydrogen) atoms. The van der Waals surface area contributed by atoms with E-state index in [0.29, 0.717) is 19.6 Å². The lowest BCUT2D eigenvalue weighted by atomic mass is 10.1. The van der Waals surface area contributed by atoms with Crippen LogP contribution in [0.1, 0.15) is 13.3 Å². The predicted molar refractivity (Wildman–Crippen MR) is 50.3 cm³/mol. The van der Waals surface area contributed by atoms with Crippen LogP contribution in [0.25, 0.3) is 0 Å². The minimum Gasteiger partial charge on any atom is -0.391 e. The fourth-order valence-electron chi connectivity index (χ4n) is 1.65. The van der Waals surface area contributed by atoms with Crippen molar-refractivity contribution in [3.05, 3.63) is 0 Å². The summed E-state index contributed by atoms with van der Waals surface area (Å²) in [5.74, 6) is 0.154. The normalized spacial score (nSPS) is 24.8. The number of aliphatic hydroxyl groups excluding tert-OH is 1. The third-order valence-corrected chi connectivity index (χ3v) is 2.41. The minimum absolute atomic E-state index is 0.00954. The Morgan fingerprint density at radius 3 is 2.92 bits per heavy atom. The molecule has 1 fully saturated rings. The van der Waals surface area contributed by atoms with Crippen LogP contribution in [0.2, 0.25) is 0 Å². The van der Waals surface area contributed by atoms with Crippen LogP contribution >= 0.6 is 0 Å². The van der Waals surface area contributed by atoms with Gasteiger partial charge in [0.2, 0.25) is 5.91 Å². The van der Waals surface area contributed by atoms with Gasteiger partial charge in [-0.05, 0) is 13.5 Å². The molecule has 0 aromatic heterocycles. The predicted octanol–water partition coefficient (Wildman–Crippen LogP) is -0.565. The fourth-order valence-corrected chi connectivity index (χ4v) is 1.65. The van der Waals surface area contributed by atoms with Crippen molar-refractivity contribution in [2.24, 2.45) is 5.92 Å². The van der Waals surface area contributed by atoms with Crippen LogP contribution in [0.3, 0.4) is 0 Å². The molecule has 4 nitrogen and oxygen atoms in total. The molecule has 2 unspecified atom stereocenters. The van der Waals surface area contributed by atoms with Crippen molar-refractivity contribution in [3.8, 4) is 0 Å². The van der Waals surface area contributed by atoms with Crippen molar-refractivity contribution in [3.63, 3.8) is 0 Å². The molecule has 2 N–H and O–H groups in total. The first-order valence-corrected chi connectivity index (χ1v) is 4.76. The van der Waals surface area contributed by atoms with E-state index in [1.807, 2.05) is 14.0 Å². The highest BCUT2D eigenvalue weighted by Gasteiger charge is 2.27. The molecule has 2 atom stereocenters. The number of carbonyl (C=O) groups excluding carboxylic acids is 1. The van der Waals surface area contributed by atoms with Gasteiger partial charge in [0.05, 0.1) is 6.10 Å². The van der Waals surface area contributed by atoms with Crippen LogP contribution in [-0.2, 0) is 4.79 Å². The Balaban J connectivity index is 2.38. The third kappa shape index (κ3) is 2.67. The summed E-state index contributed by atoms with van der Waals surface area (Å²) >= 11 is 0. The molecule has 4 heteroatoms. The number of rotatable bonds is 3. The van der Waals surface area contributed by atoms with Gasteiger partial charge in [0, 0.05) is 25.6 Å². The summed E-state index contributed by atoms with van der Waals surface area (Å²) in [6, 6.07) is 0. The number of hydrogen-bond acceptors (Lipinski definition) is 3. The summed E-state index contributed by atoms with van der Waals surface area (Å²) in [5.41, 5.74) is 0. The summed E-state index contributed by atoms with van der Waals surface area (Å²) in [5, 5.41) is 12.2. The molecule has 0 saturated carbocycles. The van der Waals surface area contributed by atoms with Crippen molar-refractivity contribution in [1.29, 1.82) is 0 Å². The summed E-state index contributed by atoms with van der Waals surface area (Å²) in [7, 11) is 1.84. The van der Waals surface area contributed by atoms with E-state index in [2.05, 4.69) is 5.32 Å². The lowest BCUT2D eigenvalue weighted by Gasteiger charge is -2.19. The number of hydrogen-bond donors (Lipinski definition) is 2. The van der Waals surface area contributed by atoms with Gasteiger partial charge in [-0.25, -0.2) is 0 Å². The highest BCUT2D eigenvalue weighted by Crippen LogP contribution is 2.12. The van der Waals surface area contributed by atoms with Crippen LogP contribution in [-0.4, -0.2) is 48.7 Å². The van der Waals surface area contributed by atoms with E-state index in [4.69, 9.17) is 0 Å². The number of nitrogens with zero attached hydrogens (tertiary/aromatic N) is 1. The maximum absolute atomic E-state index is 11.7. The second-order valence-corrected chi connectivity index (χ2v) is 3.69. The van der Waals surface area contributed by atoms with Gasteiger partial charge < -0.3 is 15.3 Å². The van der Waals surface area contributed by atoms with Crippen LogP contribution < -0.4 is 5.32 Å². The highest BCUT2D eigenvalue weighted by atomic mass is 16.3. The molecule has 1 aliphatic rings. The smallest absolute Gasteiger partial charge is 0.226 e. The number of carbonyl (C=O) groups is 1. The molecule has 0 radical (unpaired) electrons. The summed E-state index contributed by atoms with van der Waals surface area (Å²) in [4.78, 5) is 13.4. The van der Waals surface area contributed by atoms with Crippen LogP contribution in [0.4, 0.5) is 0 Å². The quantitative estimate of drug-likeness (QED) is 0.621. The van der Waals surface area contributed by atoms with Crippen molar-refractivity contribution >= 4 is 5.91 Å². The Labute approximate surface area is 78.9 Å². The van der Waals surface area contributed by atoms with Gasteiger partial charge in [-0.3, -0.25) is 4.79 Å². The van der Waals surface area contributed by atoms with Gasteiger partial charge in [0.15, 0.2) is 0 Å². The molecule has 76 valence electrons.